The lowest BCUT2D eigenvalue weighted by Gasteiger charge is -2.23. The zero-order valence-electron chi connectivity index (χ0n) is 19.6. The van der Waals surface area contributed by atoms with Crippen molar-refractivity contribution in [3.63, 3.8) is 0 Å². The zero-order valence-corrected chi connectivity index (χ0v) is 19.6. The van der Waals surface area contributed by atoms with Gasteiger partial charge in [-0.15, -0.1) is 0 Å². The summed E-state index contributed by atoms with van der Waals surface area (Å²) in [4.78, 5) is 39.9. The third-order valence-electron chi connectivity index (χ3n) is 6.23. The van der Waals surface area contributed by atoms with E-state index in [1.807, 2.05) is 0 Å². The lowest BCUT2D eigenvalue weighted by atomic mass is 9.95. The molecule has 0 radical (unpaired) electrons. The molecule has 9 heteroatoms. The molecule has 34 heavy (non-hydrogen) atoms. The molecule has 1 fully saturated rings. The SMILES string of the molecule is COc1cc(-n2c(=O)c3ccccc3n(CC(=O)NC3CCCCC3)c2=O)cc(OC)c1OC. The Hall–Kier alpha value is -3.75. The van der Waals surface area contributed by atoms with Crippen LogP contribution < -0.4 is 30.8 Å². The molecule has 180 valence electrons. The molecule has 0 atom stereocenters. The van der Waals surface area contributed by atoms with Crippen molar-refractivity contribution in [3.8, 4) is 22.9 Å². The number of fused-ring (bicyclic) bond motifs is 1. The van der Waals surface area contributed by atoms with Gasteiger partial charge in [0.25, 0.3) is 5.56 Å². The van der Waals surface area contributed by atoms with Crippen LogP contribution in [0.2, 0.25) is 0 Å². The molecule has 1 aromatic heterocycles. The highest BCUT2D eigenvalue weighted by atomic mass is 16.5. The summed E-state index contributed by atoms with van der Waals surface area (Å²) in [5.41, 5.74) is -0.479. The number of methoxy groups -OCH3 is 3. The Labute approximate surface area is 196 Å². The summed E-state index contributed by atoms with van der Waals surface area (Å²) in [6, 6.07) is 9.95. The topological polar surface area (TPSA) is 101 Å². The standard InChI is InChI=1S/C25H29N3O6/c1-32-20-13-17(14-21(33-2)23(20)34-3)28-24(30)18-11-7-8-12-19(18)27(25(28)31)15-22(29)26-16-9-5-4-6-10-16/h7-8,11-14,16H,4-6,9-10,15H2,1-3H3,(H,26,29). The van der Waals surface area contributed by atoms with Gasteiger partial charge in [-0.25, -0.2) is 9.36 Å². The van der Waals surface area contributed by atoms with Crippen LogP contribution >= 0.6 is 0 Å². The Morgan fingerprint density at radius 2 is 1.62 bits per heavy atom. The highest BCUT2D eigenvalue weighted by Gasteiger charge is 2.21. The molecule has 1 heterocycles. The first-order chi connectivity index (χ1) is 16.5. The van der Waals surface area contributed by atoms with Crippen molar-refractivity contribution in [2.75, 3.05) is 21.3 Å². The van der Waals surface area contributed by atoms with E-state index in [1.165, 1.54) is 44.5 Å². The van der Waals surface area contributed by atoms with Gasteiger partial charge in [-0.1, -0.05) is 31.4 Å². The molecule has 0 saturated heterocycles. The van der Waals surface area contributed by atoms with E-state index >= 15 is 0 Å². The minimum Gasteiger partial charge on any atom is -0.493 e. The summed E-state index contributed by atoms with van der Waals surface area (Å²) in [6.07, 6.45) is 5.22. The van der Waals surface area contributed by atoms with Gasteiger partial charge in [-0.3, -0.25) is 14.2 Å². The predicted molar refractivity (Wildman–Crippen MR) is 128 cm³/mol. The van der Waals surface area contributed by atoms with Crippen molar-refractivity contribution in [2.45, 2.75) is 44.7 Å². The molecular weight excluding hydrogens is 438 g/mol. The Balaban J connectivity index is 1.85. The van der Waals surface area contributed by atoms with E-state index in [0.717, 1.165) is 30.3 Å². The number of benzene rings is 2. The van der Waals surface area contributed by atoms with E-state index in [9.17, 15) is 14.4 Å². The molecule has 1 aliphatic rings. The van der Waals surface area contributed by atoms with Gasteiger partial charge < -0.3 is 19.5 Å². The third-order valence-corrected chi connectivity index (χ3v) is 6.23. The normalized spacial score (nSPS) is 14.1. The number of aromatic nitrogens is 2. The van der Waals surface area contributed by atoms with Crippen molar-refractivity contribution in [1.82, 2.24) is 14.5 Å². The van der Waals surface area contributed by atoms with Gasteiger partial charge in [-0.05, 0) is 25.0 Å². The first-order valence-electron chi connectivity index (χ1n) is 11.3. The molecule has 1 aliphatic carbocycles. The van der Waals surface area contributed by atoms with Gasteiger partial charge in [0.1, 0.15) is 6.54 Å². The summed E-state index contributed by atoms with van der Waals surface area (Å²) in [5, 5.41) is 3.36. The van der Waals surface area contributed by atoms with Gasteiger partial charge in [0.2, 0.25) is 11.7 Å². The summed E-state index contributed by atoms with van der Waals surface area (Å²) in [5.74, 6) is 0.694. The lowest BCUT2D eigenvalue weighted by molar-refractivity contribution is -0.122. The molecule has 0 spiro atoms. The third kappa shape index (κ3) is 4.37. The average Bonchev–Trinajstić information content (AvgIpc) is 2.86. The van der Waals surface area contributed by atoms with Crippen molar-refractivity contribution < 1.29 is 19.0 Å². The Morgan fingerprint density at radius 1 is 0.971 bits per heavy atom. The first-order valence-corrected chi connectivity index (χ1v) is 11.3. The monoisotopic (exact) mass is 467 g/mol. The molecule has 3 aromatic rings. The summed E-state index contributed by atoms with van der Waals surface area (Å²) in [7, 11) is 4.39. The molecule has 2 aromatic carbocycles. The van der Waals surface area contributed by atoms with E-state index in [4.69, 9.17) is 14.2 Å². The Kier molecular flexibility index (Phi) is 6.90. The molecular formula is C25H29N3O6. The van der Waals surface area contributed by atoms with Crippen LogP contribution in [0.25, 0.3) is 16.6 Å². The smallest absolute Gasteiger partial charge is 0.336 e. The fourth-order valence-corrected chi connectivity index (χ4v) is 4.56. The van der Waals surface area contributed by atoms with Gasteiger partial charge in [0, 0.05) is 18.2 Å². The number of hydrogen-bond acceptors (Lipinski definition) is 6. The molecule has 1 amide bonds. The number of nitrogens with zero attached hydrogens (tertiary/aromatic N) is 2. The number of carbonyl (C=O) groups excluding carboxylic acids is 1. The van der Waals surface area contributed by atoms with Crippen LogP contribution in [0.3, 0.4) is 0 Å². The van der Waals surface area contributed by atoms with Crippen molar-refractivity contribution >= 4 is 16.8 Å². The van der Waals surface area contributed by atoms with E-state index in [1.54, 1.807) is 24.3 Å². The molecule has 9 nitrogen and oxygen atoms in total. The zero-order chi connectivity index (χ0) is 24.2. The van der Waals surface area contributed by atoms with Crippen molar-refractivity contribution in [2.24, 2.45) is 0 Å². The van der Waals surface area contributed by atoms with Gasteiger partial charge >= 0.3 is 5.69 Å². The number of hydrogen-bond donors (Lipinski definition) is 1. The highest BCUT2D eigenvalue weighted by Crippen LogP contribution is 2.38. The van der Waals surface area contributed by atoms with Crippen molar-refractivity contribution in [3.05, 3.63) is 57.2 Å². The van der Waals surface area contributed by atoms with Crippen LogP contribution in [0.4, 0.5) is 0 Å². The predicted octanol–water partition coefficient (Wildman–Crippen LogP) is 2.63. The average molecular weight is 468 g/mol. The summed E-state index contributed by atoms with van der Waals surface area (Å²) in [6.45, 7) is -0.194. The minimum absolute atomic E-state index is 0.115. The molecule has 0 aliphatic heterocycles. The fourth-order valence-electron chi connectivity index (χ4n) is 4.56. The number of rotatable bonds is 7. The second-order valence-corrected chi connectivity index (χ2v) is 8.31. The van der Waals surface area contributed by atoms with Crippen molar-refractivity contribution in [1.29, 1.82) is 0 Å². The summed E-state index contributed by atoms with van der Waals surface area (Å²) >= 11 is 0. The second-order valence-electron chi connectivity index (χ2n) is 8.31. The van der Waals surface area contributed by atoms with Crippen LogP contribution in [0.5, 0.6) is 17.2 Å². The lowest BCUT2D eigenvalue weighted by Crippen LogP contribution is -2.44. The van der Waals surface area contributed by atoms with E-state index < -0.39 is 11.2 Å². The van der Waals surface area contributed by atoms with Crippen LogP contribution in [0.1, 0.15) is 32.1 Å². The van der Waals surface area contributed by atoms with Gasteiger partial charge in [0.15, 0.2) is 11.5 Å². The van der Waals surface area contributed by atoms with Crippen LogP contribution in [0.15, 0.2) is 46.0 Å². The van der Waals surface area contributed by atoms with Gasteiger partial charge in [-0.2, -0.15) is 0 Å². The second kappa shape index (κ2) is 10.0. The largest absolute Gasteiger partial charge is 0.493 e. The van der Waals surface area contributed by atoms with Crippen LogP contribution in [-0.2, 0) is 11.3 Å². The first kappa shape index (κ1) is 23.4. The maximum absolute atomic E-state index is 13.6. The maximum Gasteiger partial charge on any atom is 0.336 e. The van der Waals surface area contributed by atoms with Crippen LogP contribution in [0, 0.1) is 0 Å². The Bertz CT molecular complexity index is 1300. The molecule has 4 rings (SSSR count). The quantitative estimate of drug-likeness (QED) is 0.573. The van der Waals surface area contributed by atoms with E-state index in [0.29, 0.717) is 28.2 Å². The molecule has 1 N–H and O–H groups in total. The number of para-hydroxylation sites is 1. The number of ether oxygens (including phenoxy) is 3. The molecule has 0 bridgehead atoms. The Morgan fingerprint density at radius 3 is 2.24 bits per heavy atom. The highest BCUT2D eigenvalue weighted by molar-refractivity contribution is 5.82. The maximum atomic E-state index is 13.6. The van der Waals surface area contributed by atoms with Gasteiger partial charge in [0.05, 0.1) is 37.9 Å². The molecule has 0 unspecified atom stereocenters. The van der Waals surface area contributed by atoms with E-state index in [-0.39, 0.29) is 24.2 Å². The molecule has 1 saturated carbocycles. The number of amides is 1. The number of nitrogens with one attached hydrogen (secondary N) is 1. The number of carbonyl (C=O) groups is 1. The van der Waals surface area contributed by atoms with Crippen LogP contribution in [-0.4, -0.2) is 42.4 Å². The van der Waals surface area contributed by atoms with E-state index in [2.05, 4.69) is 5.32 Å². The summed E-state index contributed by atoms with van der Waals surface area (Å²) < 4.78 is 18.5. The fraction of sp³-hybridized carbons (Fsp3) is 0.400. The minimum atomic E-state index is -0.628.